The molecule has 3 rings (SSSR count). The normalized spacial score (nSPS) is 26.6. The zero-order chi connectivity index (χ0) is 13.4. The Morgan fingerprint density at radius 2 is 2.05 bits per heavy atom. The number of piperidine rings is 1. The molecule has 1 saturated heterocycles. The number of hydrogen-bond donors (Lipinski definition) is 2. The van der Waals surface area contributed by atoms with Crippen LogP contribution in [0.15, 0.2) is 24.3 Å². The number of halogens is 3. The van der Waals surface area contributed by atoms with Gasteiger partial charge >= 0.3 is 6.61 Å². The fourth-order valence-electron chi connectivity index (χ4n) is 2.68. The Morgan fingerprint density at radius 1 is 1.35 bits per heavy atom. The molecule has 1 amide bonds. The molecule has 2 atom stereocenters. The molecule has 1 aromatic carbocycles. The van der Waals surface area contributed by atoms with Crippen LogP contribution in [0, 0.1) is 11.8 Å². The molecule has 2 N–H and O–H groups in total. The van der Waals surface area contributed by atoms with Crippen LogP contribution < -0.4 is 15.4 Å². The maximum Gasteiger partial charge on any atom is 0.387 e. The summed E-state index contributed by atoms with van der Waals surface area (Å²) in [4.78, 5) is 12.0. The van der Waals surface area contributed by atoms with E-state index in [4.69, 9.17) is 0 Å². The number of hydrogen-bond acceptors (Lipinski definition) is 3. The fourth-order valence-corrected chi connectivity index (χ4v) is 2.68. The fraction of sp³-hybridized carbons (Fsp3) is 0.462. The lowest BCUT2D eigenvalue weighted by Crippen LogP contribution is -2.32. The van der Waals surface area contributed by atoms with Crippen molar-refractivity contribution in [3.63, 3.8) is 0 Å². The Labute approximate surface area is 121 Å². The van der Waals surface area contributed by atoms with E-state index in [0.29, 0.717) is 17.4 Å². The van der Waals surface area contributed by atoms with Gasteiger partial charge in [0.25, 0.3) is 5.91 Å². The summed E-state index contributed by atoms with van der Waals surface area (Å²) in [6, 6.07) is 6.07. The van der Waals surface area contributed by atoms with Crippen molar-refractivity contribution in [2.45, 2.75) is 12.7 Å². The van der Waals surface area contributed by atoms with Crippen molar-refractivity contribution in [3.05, 3.63) is 29.8 Å². The molecule has 0 bridgehead atoms. The van der Waals surface area contributed by atoms with Gasteiger partial charge in [0.05, 0.1) is 0 Å². The van der Waals surface area contributed by atoms with Crippen molar-refractivity contribution in [3.8, 4) is 5.75 Å². The molecule has 0 spiro atoms. The first-order valence-electron chi connectivity index (χ1n) is 6.21. The number of amides is 1. The van der Waals surface area contributed by atoms with E-state index in [-0.39, 0.29) is 30.1 Å². The number of nitrogens with one attached hydrogen (secondary N) is 2. The number of ether oxygens (including phenoxy) is 1. The van der Waals surface area contributed by atoms with E-state index in [1.807, 2.05) is 0 Å². The predicted molar refractivity (Wildman–Crippen MR) is 71.4 cm³/mol. The van der Waals surface area contributed by atoms with E-state index >= 15 is 0 Å². The molecule has 1 saturated carbocycles. The Bertz CT molecular complexity index is 491. The van der Waals surface area contributed by atoms with Crippen molar-refractivity contribution < 1.29 is 18.3 Å². The minimum Gasteiger partial charge on any atom is -0.435 e. The van der Waals surface area contributed by atoms with E-state index < -0.39 is 6.61 Å². The van der Waals surface area contributed by atoms with Crippen LogP contribution in [0.3, 0.4) is 0 Å². The van der Waals surface area contributed by atoms with Gasteiger partial charge in [0.1, 0.15) is 5.75 Å². The summed E-state index contributed by atoms with van der Waals surface area (Å²) < 4.78 is 28.5. The van der Waals surface area contributed by atoms with Gasteiger partial charge in [-0.25, -0.2) is 0 Å². The van der Waals surface area contributed by atoms with Gasteiger partial charge in [-0.3, -0.25) is 4.79 Å². The minimum atomic E-state index is -2.88. The number of alkyl halides is 2. The number of carbonyl (C=O) groups excluding carboxylic acids is 1. The van der Waals surface area contributed by atoms with Crippen molar-refractivity contribution in [2.75, 3.05) is 13.1 Å². The smallest absolute Gasteiger partial charge is 0.387 e. The highest BCUT2D eigenvalue weighted by molar-refractivity contribution is 5.95. The Morgan fingerprint density at radius 3 is 2.70 bits per heavy atom. The minimum absolute atomic E-state index is 0. The lowest BCUT2D eigenvalue weighted by Gasteiger charge is -2.09. The number of rotatable bonds is 4. The lowest BCUT2D eigenvalue weighted by atomic mass is 10.2. The quantitative estimate of drug-likeness (QED) is 0.889. The summed E-state index contributed by atoms with van der Waals surface area (Å²) in [6.07, 6.45) is 0. The average Bonchev–Trinajstić information content (AvgIpc) is 2.82. The largest absolute Gasteiger partial charge is 0.435 e. The lowest BCUT2D eigenvalue weighted by molar-refractivity contribution is -0.0498. The van der Waals surface area contributed by atoms with Crippen LogP contribution in [0.1, 0.15) is 10.4 Å². The van der Waals surface area contributed by atoms with Gasteiger partial charge in [0.15, 0.2) is 0 Å². The van der Waals surface area contributed by atoms with Crippen LogP contribution in [0.25, 0.3) is 0 Å². The molecule has 1 aliphatic heterocycles. The highest BCUT2D eigenvalue weighted by Crippen LogP contribution is 2.41. The summed E-state index contributed by atoms with van der Waals surface area (Å²) in [6.45, 7) is -1.01. The topological polar surface area (TPSA) is 50.4 Å². The molecule has 7 heteroatoms. The molecule has 2 aliphatic rings. The molecule has 1 heterocycles. The third kappa shape index (κ3) is 3.02. The van der Waals surface area contributed by atoms with Gasteiger partial charge in [-0.05, 0) is 30.0 Å². The summed E-state index contributed by atoms with van der Waals surface area (Å²) >= 11 is 0. The predicted octanol–water partition coefficient (Wildman–Crippen LogP) is 1.66. The zero-order valence-electron chi connectivity index (χ0n) is 10.5. The Balaban J connectivity index is 0.00000147. The second kappa shape index (κ2) is 5.93. The van der Waals surface area contributed by atoms with Crippen LogP contribution in [0.4, 0.5) is 8.78 Å². The third-order valence-corrected chi connectivity index (χ3v) is 3.71. The number of benzene rings is 1. The third-order valence-electron chi connectivity index (χ3n) is 3.71. The second-order valence-electron chi connectivity index (χ2n) is 4.89. The average molecular weight is 305 g/mol. The standard InChI is InChI=1S/C13H14F2N2O2.ClH/c14-13(15)19-8-3-1-2-7(4-8)12(18)17-11-9-5-16-6-10(9)11;/h1-4,9-11,13,16H,5-6H2,(H,17,18);1H. The molecule has 20 heavy (non-hydrogen) atoms. The molecular weight excluding hydrogens is 290 g/mol. The molecule has 0 aromatic heterocycles. The molecule has 0 radical (unpaired) electrons. The Hall–Kier alpha value is -1.40. The van der Waals surface area contributed by atoms with Gasteiger partial charge < -0.3 is 15.4 Å². The molecule has 2 unspecified atom stereocenters. The monoisotopic (exact) mass is 304 g/mol. The van der Waals surface area contributed by atoms with Crippen molar-refractivity contribution in [1.82, 2.24) is 10.6 Å². The maximum atomic E-state index is 12.1. The first kappa shape index (κ1) is 15.0. The summed E-state index contributed by atoms with van der Waals surface area (Å²) in [7, 11) is 0. The van der Waals surface area contributed by atoms with Crippen LogP contribution in [0.2, 0.25) is 0 Å². The van der Waals surface area contributed by atoms with Gasteiger partial charge in [-0.15, -0.1) is 12.4 Å². The summed E-state index contributed by atoms with van der Waals surface area (Å²) in [5, 5.41) is 6.17. The van der Waals surface area contributed by atoms with Crippen LogP contribution in [0.5, 0.6) is 5.75 Å². The zero-order valence-corrected chi connectivity index (χ0v) is 11.3. The SMILES string of the molecule is Cl.O=C(NC1C2CNCC21)c1cccc(OC(F)F)c1. The van der Waals surface area contributed by atoms with E-state index in [1.54, 1.807) is 6.07 Å². The number of fused-ring (bicyclic) bond motifs is 1. The van der Waals surface area contributed by atoms with Crippen molar-refractivity contribution >= 4 is 18.3 Å². The molecule has 1 aliphatic carbocycles. The van der Waals surface area contributed by atoms with E-state index in [1.165, 1.54) is 18.2 Å². The first-order valence-corrected chi connectivity index (χ1v) is 6.21. The van der Waals surface area contributed by atoms with E-state index in [9.17, 15) is 13.6 Å². The summed E-state index contributed by atoms with van der Waals surface area (Å²) in [5.74, 6) is 0.799. The van der Waals surface area contributed by atoms with Crippen LogP contribution in [-0.4, -0.2) is 31.7 Å². The van der Waals surface area contributed by atoms with Gasteiger partial charge in [-0.1, -0.05) is 6.07 Å². The number of carbonyl (C=O) groups is 1. The Kier molecular flexibility index (Phi) is 4.45. The van der Waals surface area contributed by atoms with Gasteiger partial charge in [0.2, 0.25) is 0 Å². The molecule has 4 nitrogen and oxygen atoms in total. The van der Waals surface area contributed by atoms with Gasteiger partial charge in [-0.2, -0.15) is 8.78 Å². The molecular formula is C13H15ClF2N2O2. The van der Waals surface area contributed by atoms with E-state index in [2.05, 4.69) is 15.4 Å². The highest BCUT2D eigenvalue weighted by atomic mass is 35.5. The van der Waals surface area contributed by atoms with Crippen molar-refractivity contribution in [2.24, 2.45) is 11.8 Å². The highest BCUT2D eigenvalue weighted by Gasteiger charge is 2.53. The van der Waals surface area contributed by atoms with Crippen molar-refractivity contribution in [1.29, 1.82) is 0 Å². The van der Waals surface area contributed by atoms with Crippen LogP contribution in [-0.2, 0) is 0 Å². The first-order chi connectivity index (χ1) is 9.15. The maximum absolute atomic E-state index is 12.1. The van der Waals surface area contributed by atoms with Gasteiger partial charge in [0, 0.05) is 24.7 Å². The molecule has 2 fully saturated rings. The van der Waals surface area contributed by atoms with E-state index in [0.717, 1.165) is 13.1 Å². The van der Waals surface area contributed by atoms with Crippen LogP contribution >= 0.6 is 12.4 Å². The summed E-state index contributed by atoms with van der Waals surface area (Å²) in [5.41, 5.74) is 0.344. The second-order valence-corrected chi connectivity index (χ2v) is 4.89. The molecule has 1 aromatic rings. The molecule has 110 valence electrons.